The summed E-state index contributed by atoms with van der Waals surface area (Å²) in [6.45, 7) is 3.74. The Kier molecular flexibility index (Phi) is 5.21. The quantitative estimate of drug-likeness (QED) is 0.792. The second-order valence-corrected chi connectivity index (χ2v) is 5.63. The molecule has 1 aliphatic rings. The van der Waals surface area contributed by atoms with Gasteiger partial charge in [0.1, 0.15) is 11.5 Å². The lowest BCUT2D eigenvalue weighted by atomic mass is 10.2. The first-order valence-corrected chi connectivity index (χ1v) is 8.11. The van der Waals surface area contributed by atoms with Crippen molar-refractivity contribution in [3.05, 3.63) is 54.1 Å². The maximum atomic E-state index is 5.39. The van der Waals surface area contributed by atoms with Crippen molar-refractivity contribution in [2.45, 2.75) is 0 Å². The van der Waals surface area contributed by atoms with E-state index in [4.69, 9.17) is 9.47 Å². The van der Waals surface area contributed by atoms with Gasteiger partial charge in [-0.25, -0.2) is 0 Å². The van der Waals surface area contributed by atoms with Crippen LogP contribution in [0.2, 0.25) is 0 Å². The maximum absolute atomic E-state index is 5.39. The van der Waals surface area contributed by atoms with Gasteiger partial charge in [-0.2, -0.15) is 5.10 Å². The molecule has 0 bridgehead atoms. The first kappa shape index (κ1) is 16.2. The molecule has 1 fully saturated rings. The van der Waals surface area contributed by atoms with Gasteiger partial charge in [-0.3, -0.25) is 5.01 Å². The fourth-order valence-corrected chi connectivity index (χ4v) is 2.79. The second-order valence-electron chi connectivity index (χ2n) is 5.63. The number of hydrogen-bond acceptors (Lipinski definition) is 5. The number of hydrogen-bond donors (Lipinski definition) is 0. The molecule has 1 heterocycles. The van der Waals surface area contributed by atoms with Crippen LogP contribution in [0.4, 0.5) is 5.69 Å². The van der Waals surface area contributed by atoms with Crippen LogP contribution in [0, 0.1) is 0 Å². The van der Waals surface area contributed by atoms with Crippen LogP contribution in [-0.4, -0.2) is 51.6 Å². The van der Waals surface area contributed by atoms with Gasteiger partial charge in [0, 0.05) is 24.3 Å². The Bertz CT molecular complexity index is 680. The van der Waals surface area contributed by atoms with Crippen molar-refractivity contribution in [2.75, 3.05) is 45.3 Å². The van der Waals surface area contributed by atoms with Crippen molar-refractivity contribution in [1.29, 1.82) is 0 Å². The standard InChI is InChI=1S/C19H23N3O2/c1-23-18-8-9-19(24-2)16(14-18)15-20-22-12-10-21(11-13-22)17-6-4-3-5-7-17/h3-9,14-15H,10-13H2,1-2H3/b20-15+. The summed E-state index contributed by atoms with van der Waals surface area (Å²) in [7, 11) is 3.32. The number of rotatable bonds is 5. The SMILES string of the molecule is COc1ccc(OC)c(/C=N/N2CCN(c3ccccc3)CC2)c1. The minimum Gasteiger partial charge on any atom is -0.497 e. The Morgan fingerprint density at radius 2 is 1.67 bits per heavy atom. The van der Waals surface area contributed by atoms with Crippen molar-refractivity contribution >= 4 is 11.9 Å². The molecule has 0 amide bonds. The highest BCUT2D eigenvalue weighted by Crippen LogP contribution is 2.22. The van der Waals surface area contributed by atoms with Crippen LogP contribution in [0.5, 0.6) is 11.5 Å². The molecule has 1 aliphatic heterocycles. The predicted molar refractivity (Wildman–Crippen MR) is 97.4 cm³/mol. The van der Waals surface area contributed by atoms with Crippen molar-refractivity contribution in [3.8, 4) is 11.5 Å². The lowest BCUT2D eigenvalue weighted by molar-refractivity contribution is 0.272. The van der Waals surface area contributed by atoms with Crippen LogP contribution in [-0.2, 0) is 0 Å². The molecule has 0 aromatic heterocycles. The van der Waals surface area contributed by atoms with Crippen LogP contribution in [0.15, 0.2) is 53.6 Å². The third-order valence-electron chi connectivity index (χ3n) is 4.17. The number of para-hydroxylation sites is 1. The molecule has 3 rings (SSSR count). The molecule has 5 nitrogen and oxygen atoms in total. The number of benzene rings is 2. The molecule has 126 valence electrons. The summed E-state index contributed by atoms with van der Waals surface area (Å²) < 4.78 is 10.7. The molecule has 0 aliphatic carbocycles. The minimum absolute atomic E-state index is 0.794. The van der Waals surface area contributed by atoms with Crippen LogP contribution >= 0.6 is 0 Å². The zero-order valence-corrected chi connectivity index (χ0v) is 14.2. The smallest absolute Gasteiger partial charge is 0.127 e. The van der Waals surface area contributed by atoms with E-state index in [0.29, 0.717) is 0 Å². The van der Waals surface area contributed by atoms with E-state index < -0.39 is 0 Å². The average molecular weight is 325 g/mol. The Hall–Kier alpha value is -2.69. The van der Waals surface area contributed by atoms with Gasteiger partial charge in [0.15, 0.2) is 0 Å². The normalized spacial score (nSPS) is 14.9. The third kappa shape index (κ3) is 3.79. The van der Waals surface area contributed by atoms with E-state index in [9.17, 15) is 0 Å². The number of methoxy groups -OCH3 is 2. The van der Waals surface area contributed by atoms with Gasteiger partial charge >= 0.3 is 0 Å². The average Bonchev–Trinajstić information content (AvgIpc) is 2.67. The molecule has 2 aromatic carbocycles. The Morgan fingerprint density at radius 1 is 0.917 bits per heavy atom. The van der Waals surface area contributed by atoms with Crippen molar-refractivity contribution in [3.63, 3.8) is 0 Å². The molecular formula is C19H23N3O2. The second kappa shape index (κ2) is 7.73. The fraction of sp³-hybridized carbons (Fsp3) is 0.316. The summed E-state index contributed by atoms with van der Waals surface area (Å²) in [6.07, 6.45) is 1.85. The number of nitrogens with zero attached hydrogens (tertiary/aromatic N) is 3. The van der Waals surface area contributed by atoms with Crippen molar-refractivity contribution < 1.29 is 9.47 Å². The highest BCUT2D eigenvalue weighted by Gasteiger charge is 2.15. The number of ether oxygens (including phenoxy) is 2. The van der Waals surface area contributed by atoms with E-state index >= 15 is 0 Å². The van der Waals surface area contributed by atoms with E-state index in [0.717, 1.165) is 43.2 Å². The topological polar surface area (TPSA) is 37.3 Å². The molecule has 24 heavy (non-hydrogen) atoms. The number of anilines is 1. The van der Waals surface area contributed by atoms with Gasteiger partial charge in [-0.15, -0.1) is 0 Å². The largest absolute Gasteiger partial charge is 0.497 e. The summed E-state index contributed by atoms with van der Waals surface area (Å²) >= 11 is 0. The Morgan fingerprint density at radius 3 is 2.33 bits per heavy atom. The van der Waals surface area contributed by atoms with Gasteiger partial charge in [0.05, 0.1) is 33.5 Å². The zero-order valence-electron chi connectivity index (χ0n) is 14.2. The summed E-state index contributed by atoms with van der Waals surface area (Å²) in [5.74, 6) is 1.59. The first-order chi connectivity index (χ1) is 11.8. The van der Waals surface area contributed by atoms with Crippen LogP contribution in [0.1, 0.15) is 5.56 Å². The third-order valence-corrected chi connectivity index (χ3v) is 4.17. The molecule has 0 radical (unpaired) electrons. The van der Waals surface area contributed by atoms with Gasteiger partial charge in [0.2, 0.25) is 0 Å². The Labute approximate surface area is 143 Å². The molecule has 0 saturated carbocycles. The van der Waals surface area contributed by atoms with Crippen LogP contribution in [0.25, 0.3) is 0 Å². The van der Waals surface area contributed by atoms with Crippen LogP contribution in [0.3, 0.4) is 0 Å². The molecule has 0 spiro atoms. The highest BCUT2D eigenvalue weighted by molar-refractivity contribution is 5.84. The molecular weight excluding hydrogens is 302 g/mol. The molecule has 1 saturated heterocycles. The van der Waals surface area contributed by atoms with Crippen molar-refractivity contribution in [2.24, 2.45) is 5.10 Å². The van der Waals surface area contributed by atoms with E-state index in [2.05, 4.69) is 39.3 Å². The predicted octanol–water partition coefficient (Wildman–Crippen LogP) is 2.86. The zero-order chi connectivity index (χ0) is 16.8. The lowest BCUT2D eigenvalue weighted by Crippen LogP contribution is -2.44. The van der Waals surface area contributed by atoms with E-state index in [-0.39, 0.29) is 0 Å². The summed E-state index contributed by atoms with van der Waals surface area (Å²) in [6, 6.07) is 16.2. The molecule has 0 unspecified atom stereocenters. The van der Waals surface area contributed by atoms with Gasteiger partial charge in [-0.05, 0) is 30.3 Å². The van der Waals surface area contributed by atoms with E-state index in [1.54, 1.807) is 14.2 Å². The number of hydrazone groups is 1. The minimum atomic E-state index is 0.794. The van der Waals surface area contributed by atoms with Gasteiger partial charge in [0.25, 0.3) is 0 Å². The molecule has 0 N–H and O–H groups in total. The van der Waals surface area contributed by atoms with E-state index in [1.807, 2.05) is 30.5 Å². The summed E-state index contributed by atoms with van der Waals surface area (Å²) in [5, 5.41) is 6.71. The molecule has 5 heteroatoms. The Balaban J connectivity index is 1.63. The fourth-order valence-electron chi connectivity index (χ4n) is 2.79. The van der Waals surface area contributed by atoms with Crippen LogP contribution < -0.4 is 14.4 Å². The van der Waals surface area contributed by atoms with Crippen molar-refractivity contribution in [1.82, 2.24) is 5.01 Å². The first-order valence-electron chi connectivity index (χ1n) is 8.11. The molecule has 2 aromatic rings. The highest BCUT2D eigenvalue weighted by atomic mass is 16.5. The summed E-state index contributed by atoms with van der Waals surface area (Å²) in [5.41, 5.74) is 2.19. The molecule has 0 atom stereocenters. The van der Waals surface area contributed by atoms with Gasteiger partial charge in [-0.1, -0.05) is 18.2 Å². The van der Waals surface area contributed by atoms with E-state index in [1.165, 1.54) is 5.69 Å². The maximum Gasteiger partial charge on any atom is 0.127 e. The monoisotopic (exact) mass is 325 g/mol. The number of piperazine rings is 1. The lowest BCUT2D eigenvalue weighted by Gasteiger charge is -2.34. The van der Waals surface area contributed by atoms with Gasteiger partial charge < -0.3 is 14.4 Å². The summed E-state index contributed by atoms with van der Waals surface area (Å²) in [4.78, 5) is 2.39.